The Labute approximate surface area is 118 Å². The molecule has 1 aromatic rings. The highest BCUT2D eigenvalue weighted by atomic mass is 16.4. The molecule has 0 saturated carbocycles. The molecular weight excluding hydrogens is 258 g/mol. The lowest BCUT2D eigenvalue weighted by Gasteiger charge is -2.25. The third kappa shape index (κ3) is 4.87. The van der Waals surface area contributed by atoms with Crippen LogP contribution in [0.3, 0.4) is 0 Å². The Hall–Kier alpha value is -2.11. The first-order valence-corrected chi connectivity index (χ1v) is 6.66. The first-order chi connectivity index (χ1) is 9.48. The highest BCUT2D eigenvalue weighted by molar-refractivity contribution is 5.85. The van der Waals surface area contributed by atoms with Crippen molar-refractivity contribution in [2.45, 2.75) is 38.6 Å². The summed E-state index contributed by atoms with van der Waals surface area (Å²) < 4.78 is 0. The Morgan fingerprint density at radius 2 is 2.20 bits per heavy atom. The van der Waals surface area contributed by atoms with Crippen LogP contribution in [0.5, 0.6) is 0 Å². The summed E-state index contributed by atoms with van der Waals surface area (Å²) in [5.41, 5.74) is -0.213. The van der Waals surface area contributed by atoms with Crippen LogP contribution in [0.25, 0.3) is 0 Å². The molecule has 20 heavy (non-hydrogen) atoms. The van der Waals surface area contributed by atoms with Gasteiger partial charge in [-0.25, -0.2) is 9.59 Å². The molecule has 110 valence electrons. The van der Waals surface area contributed by atoms with Crippen LogP contribution in [0, 0.1) is 0 Å². The predicted octanol–water partition coefficient (Wildman–Crippen LogP) is 1.57. The van der Waals surface area contributed by atoms with Crippen molar-refractivity contribution in [2.75, 3.05) is 6.54 Å². The molecule has 0 aliphatic heterocycles. The van der Waals surface area contributed by atoms with E-state index < -0.39 is 17.5 Å². The van der Waals surface area contributed by atoms with Gasteiger partial charge >= 0.3 is 12.0 Å². The molecule has 1 heterocycles. The quantitative estimate of drug-likeness (QED) is 0.706. The van der Waals surface area contributed by atoms with Gasteiger partial charge in [0, 0.05) is 18.9 Å². The molecule has 3 N–H and O–H groups in total. The summed E-state index contributed by atoms with van der Waals surface area (Å²) in [6, 6.07) is 3.29. The van der Waals surface area contributed by atoms with Crippen molar-refractivity contribution in [3.8, 4) is 0 Å². The van der Waals surface area contributed by atoms with E-state index in [4.69, 9.17) is 5.11 Å². The van der Waals surface area contributed by atoms with E-state index in [2.05, 4.69) is 15.6 Å². The highest BCUT2D eigenvalue weighted by Crippen LogP contribution is 2.12. The van der Waals surface area contributed by atoms with Gasteiger partial charge in [0.25, 0.3) is 0 Å². The van der Waals surface area contributed by atoms with E-state index in [0.717, 1.165) is 5.56 Å². The Morgan fingerprint density at radius 1 is 1.45 bits per heavy atom. The smallest absolute Gasteiger partial charge is 0.329 e. The van der Waals surface area contributed by atoms with Gasteiger partial charge in [0.15, 0.2) is 0 Å². The average molecular weight is 279 g/mol. The first kappa shape index (κ1) is 15.9. The van der Waals surface area contributed by atoms with Gasteiger partial charge in [-0.2, -0.15) is 0 Å². The molecule has 0 aromatic carbocycles. The Bertz CT molecular complexity index is 450. The molecule has 2 amide bonds. The normalized spacial score (nSPS) is 13.3. The number of carboxylic acids is 1. The van der Waals surface area contributed by atoms with Crippen molar-refractivity contribution in [1.82, 2.24) is 15.6 Å². The number of rotatable bonds is 7. The van der Waals surface area contributed by atoms with Crippen LogP contribution in [0.15, 0.2) is 24.5 Å². The molecule has 1 atom stereocenters. The molecule has 6 heteroatoms. The third-order valence-corrected chi connectivity index (χ3v) is 3.03. The number of hydrogen-bond acceptors (Lipinski definition) is 3. The number of aliphatic carboxylic acids is 1. The van der Waals surface area contributed by atoms with Crippen LogP contribution in [0.4, 0.5) is 4.79 Å². The van der Waals surface area contributed by atoms with Gasteiger partial charge < -0.3 is 15.7 Å². The number of pyridine rings is 1. The van der Waals surface area contributed by atoms with E-state index in [1.165, 1.54) is 6.92 Å². The maximum atomic E-state index is 11.7. The van der Waals surface area contributed by atoms with Crippen LogP contribution in [0.1, 0.15) is 32.3 Å². The summed E-state index contributed by atoms with van der Waals surface area (Å²) in [6.45, 7) is 3.82. The molecule has 0 aliphatic carbocycles. The number of carbonyl (C=O) groups excluding carboxylic acids is 1. The first-order valence-electron chi connectivity index (χ1n) is 6.66. The maximum Gasteiger partial charge on any atom is 0.329 e. The summed E-state index contributed by atoms with van der Waals surface area (Å²) in [4.78, 5) is 26.9. The van der Waals surface area contributed by atoms with Crippen LogP contribution >= 0.6 is 0 Å². The van der Waals surface area contributed by atoms with Crippen molar-refractivity contribution in [3.63, 3.8) is 0 Å². The van der Waals surface area contributed by atoms with Crippen molar-refractivity contribution in [2.24, 2.45) is 0 Å². The second-order valence-electron chi connectivity index (χ2n) is 4.88. The summed E-state index contributed by atoms with van der Waals surface area (Å²) in [6.07, 6.45) is 5.14. The summed E-state index contributed by atoms with van der Waals surface area (Å²) in [5.74, 6) is -1.03. The van der Waals surface area contributed by atoms with Gasteiger partial charge in [0.2, 0.25) is 0 Å². The highest BCUT2D eigenvalue weighted by Gasteiger charge is 2.33. The average Bonchev–Trinajstić information content (AvgIpc) is 2.40. The van der Waals surface area contributed by atoms with Crippen LogP contribution in [-0.4, -0.2) is 34.2 Å². The van der Waals surface area contributed by atoms with E-state index in [1.807, 2.05) is 19.1 Å². The summed E-state index contributed by atoms with van der Waals surface area (Å²) >= 11 is 0. The Balaban J connectivity index is 2.41. The predicted molar refractivity (Wildman–Crippen MR) is 75.4 cm³/mol. The zero-order valence-corrected chi connectivity index (χ0v) is 11.8. The fourth-order valence-electron chi connectivity index (χ4n) is 1.88. The largest absolute Gasteiger partial charge is 0.480 e. The van der Waals surface area contributed by atoms with Gasteiger partial charge in [-0.15, -0.1) is 0 Å². The maximum absolute atomic E-state index is 11.7. The minimum absolute atomic E-state index is 0.387. The van der Waals surface area contributed by atoms with Gasteiger partial charge in [-0.05, 0) is 31.4 Å². The van der Waals surface area contributed by atoms with E-state index >= 15 is 0 Å². The topological polar surface area (TPSA) is 91.3 Å². The molecule has 1 aromatic heterocycles. The lowest BCUT2D eigenvalue weighted by atomic mass is 9.97. The zero-order valence-electron chi connectivity index (χ0n) is 11.8. The molecule has 0 aliphatic rings. The number of urea groups is 1. The monoisotopic (exact) mass is 279 g/mol. The molecule has 0 saturated heterocycles. The number of aromatic nitrogens is 1. The van der Waals surface area contributed by atoms with Crippen LogP contribution in [0.2, 0.25) is 0 Å². The molecule has 1 rings (SSSR count). The fourth-order valence-corrected chi connectivity index (χ4v) is 1.88. The number of carbonyl (C=O) groups is 2. The van der Waals surface area contributed by atoms with E-state index in [0.29, 0.717) is 25.8 Å². The van der Waals surface area contributed by atoms with E-state index in [-0.39, 0.29) is 0 Å². The number of amides is 2. The van der Waals surface area contributed by atoms with Crippen molar-refractivity contribution < 1.29 is 14.7 Å². The number of nitrogens with one attached hydrogen (secondary N) is 2. The molecule has 0 fully saturated rings. The molecule has 6 nitrogen and oxygen atoms in total. The summed E-state index contributed by atoms with van der Waals surface area (Å²) in [5, 5.41) is 14.3. The Kier molecular flexibility index (Phi) is 5.96. The van der Waals surface area contributed by atoms with Gasteiger partial charge in [0.05, 0.1) is 0 Å². The number of nitrogens with zero attached hydrogens (tertiary/aromatic N) is 1. The van der Waals surface area contributed by atoms with Crippen molar-refractivity contribution in [3.05, 3.63) is 30.1 Å². The molecule has 0 radical (unpaired) electrons. The lowest BCUT2D eigenvalue weighted by molar-refractivity contribution is -0.144. The lowest BCUT2D eigenvalue weighted by Crippen LogP contribution is -2.55. The third-order valence-electron chi connectivity index (χ3n) is 3.03. The Morgan fingerprint density at radius 3 is 2.75 bits per heavy atom. The second-order valence-corrected chi connectivity index (χ2v) is 4.88. The standard InChI is InChI=1S/C14H21N3O3/c1-3-7-14(2,12(18)19)17-13(20)16-9-6-11-5-4-8-15-10-11/h4-5,8,10H,3,6-7,9H2,1-2H3,(H,18,19)(H2,16,17,20). The number of carboxylic acid groups (broad SMARTS) is 1. The summed E-state index contributed by atoms with van der Waals surface area (Å²) in [7, 11) is 0. The van der Waals surface area contributed by atoms with Crippen LogP contribution in [-0.2, 0) is 11.2 Å². The molecule has 1 unspecified atom stereocenters. The minimum atomic E-state index is -1.23. The SMILES string of the molecule is CCCC(C)(NC(=O)NCCc1cccnc1)C(=O)O. The van der Waals surface area contributed by atoms with Gasteiger partial charge in [-0.1, -0.05) is 19.4 Å². The van der Waals surface area contributed by atoms with Crippen molar-refractivity contribution >= 4 is 12.0 Å². The second kappa shape index (κ2) is 7.47. The minimum Gasteiger partial charge on any atom is -0.480 e. The molecule has 0 bridgehead atoms. The number of hydrogen-bond donors (Lipinski definition) is 3. The van der Waals surface area contributed by atoms with Crippen LogP contribution < -0.4 is 10.6 Å². The molecular formula is C14H21N3O3. The van der Waals surface area contributed by atoms with E-state index in [1.54, 1.807) is 12.4 Å². The van der Waals surface area contributed by atoms with E-state index in [9.17, 15) is 9.59 Å². The van der Waals surface area contributed by atoms with Crippen molar-refractivity contribution in [1.29, 1.82) is 0 Å². The van der Waals surface area contributed by atoms with Gasteiger partial charge in [0.1, 0.15) is 5.54 Å². The fraction of sp³-hybridized carbons (Fsp3) is 0.500. The zero-order chi connectivity index (χ0) is 15.0. The van der Waals surface area contributed by atoms with Gasteiger partial charge in [-0.3, -0.25) is 4.98 Å². The molecule has 0 spiro atoms.